The van der Waals surface area contributed by atoms with Crippen molar-refractivity contribution in [2.75, 3.05) is 26.3 Å². The highest BCUT2D eigenvalue weighted by atomic mass is 16.5. The lowest BCUT2D eigenvalue weighted by molar-refractivity contribution is 0.0299. The van der Waals surface area contributed by atoms with Gasteiger partial charge in [0.25, 0.3) is 5.91 Å². The van der Waals surface area contributed by atoms with E-state index in [2.05, 4.69) is 11.9 Å². The summed E-state index contributed by atoms with van der Waals surface area (Å²) in [5, 5.41) is 5.77. The van der Waals surface area contributed by atoms with Gasteiger partial charge >= 0.3 is 0 Å². The number of pyridine rings is 2. The van der Waals surface area contributed by atoms with Crippen molar-refractivity contribution in [3.05, 3.63) is 71.7 Å². The molecule has 0 radical (unpaired) electrons. The third-order valence-electron chi connectivity index (χ3n) is 6.37. The Hall–Kier alpha value is -3.62. The molecule has 1 aliphatic heterocycles. The summed E-state index contributed by atoms with van der Waals surface area (Å²) in [6.07, 6.45) is 2.56. The van der Waals surface area contributed by atoms with Crippen molar-refractivity contribution in [1.29, 1.82) is 0 Å². The van der Waals surface area contributed by atoms with E-state index in [4.69, 9.17) is 20.6 Å². The summed E-state index contributed by atoms with van der Waals surface area (Å²) in [6, 6.07) is 15.8. The number of ether oxygens (including phenoxy) is 1. The molecule has 0 unspecified atom stereocenters. The number of aryl methyl sites for hydroxylation is 1. The molecule has 8 heteroatoms. The minimum atomic E-state index is -0.440. The maximum atomic E-state index is 13.0. The zero-order chi connectivity index (χ0) is 24.6. The van der Waals surface area contributed by atoms with Gasteiger partial charge in [-0.3, -0.25) is 9.78 Å². The van der Waals surface area contributed by atoms with E-state index in [1.165, 1.54) is 0 Å². The largest absolute Gasteiger partial charge is 0.378 e. The molecule has 1 fully saturated rings. The third kappa shape index (κ3) is 4.54. The number of nitrogens with two attached hydrogens (primary N) is 1. The molecule has 8 nitrogen and oxygen atoms in total. The van der Waals surface area contributed by atoms with Gasteiger partial charge in [-0.05, 0) is 62.2 Å². The highest BCUT2D eigenvalue weighted by Crippen LogP contribution is 2.26. The first kappa shape index (κ1) is 23.1. The number of amides is 1. The number of nitrogens with zero attached hydrogens (tertiary/aromatic N) is 5. The van der Waals surface area contributed by atoms with Crippen molar-refractivity contribution in [3.8, 4) is 16.9 Å². The van der Waals surface area contributed by atoms with Gasteiger partial charge in [0, 0.05) is 35.8 Å². The van der Waals surface area contributed by atoms with Gasteiger partial charge in [-0.25, -0.2) is 9.67 Å². The van der Waals surface area contributed by atoms with Gasteiger partial charge in [0.2, 0.25) is 0 Å². The third-order valence-corrected chi connectivity index (χ3v) is 6.37. The molecule has 0 spiro atoms. The molecule has 4 aromatic rings. The van der Waals surface area contributed by atoms with Gasteiger partial charge < -0.3 is 15.4 Å². The molecule has 0 atom stereocenters. The standard InChI is InChI=1S/C27H30N6O2/c1-4-22-21-9-10-23(26(34)32-13-15-35-16-14-32)30-25(21)33(31-22)20-7-5-18(6-8-20)24-17-19(11-12-29-24)27(2,3)28/h5-12,17H,4,13-16,28H2,1-3H3. The summed E-state index contributed by atoms with van der Waals surface area (Å²) >= 11 is 0. The number of benzene rings is 1. The lowest BCUT2D eigenvalue weighted by atomic mass is 9.95. The van der Waals surface area contributed by atoms with Gasteiger partial charge in [-0.15, -0.1) is 0 Å². The SMILES string of the molecule is CCc1nn(-c2ccc(-c3cc(C(C)(C)N)ccn3)cc2)c2nc(C(=O)N3CCOCC3)ccc12. The van der Waals surface area contributed by atoms with Crippen LogP contribution in [0.3, 0.4) is 0 Å². The fraction of sp³-hybridized carbons (Fsp3) is 0.333. The van der Waals surface area contributed by atoms with E-state index in [9.17, 15) is 4.79 Å². The molecule has 1 saturated heterocycles. The highest BCUT2D eigenvalue weighted by molar-refractivity contribution is 5.95. The van der Waals surface area contributed by atoms with Crippen molar-refractivity contribution >= 4 is 16.9 Å². The molecule has 4 heterocycles. The average Bonchev–Trinajstić information content (AvgIpc) is 3.26. The molecule has 3 aromatic heterocycles. The fourth-order valence-corrected chi connectivity index (χ4v) is 4.31. The molecule has 1 aromatic carbocycles. The normalized spacial score (nSPS) is 14.5. The smallest absolute Gasteiger partial charge is 0.272 e. The molecule has 35 heavy (non-hydrogen) atoms. The minimum Gasteiger partial charge on any atom is -0.378 e. The number of hydrogen-bond acceptors (Lipinski definition) is 6. The molecule has 1 amide bonds. The predicted molar refractivity (Wildman–Crippen MR) is 135 cm³/mol. The summed E-state index contributed by atoms with van der Waals surface area (Å²) in [6.45, 7) is 8.30. The van der Waals surface area contributed by atoms with Crippen LogP contribution in [0.15, 0.2) is 54.7 Å². The Morgan fingerprint density at radius 3 is 2.51 bits per heavy atom. The molecule has 180 valence electrons. The van der Waals surface area contributed by atoms with Crippen molar-refractivity contribution in [2.24, 2.45) is 5.73 Å². The average molecular weight is 471 g/mol. The zero-order valence-corrected chi connectivity index (χ0v) is 20.4. The molecule has 0 saturated carbocycles. The molecular weight excluding hydrogens is 440 g/mol. The van der Waals surface area contributed by atoms with Crippen LogP contribution in [0.5, 0.6) is 0 Å². The number of morpholine rings is 1. The lowest BCUT2D eigenvalue weighted by Crippen LogP contribution is -2.41. The molecule has 1 aliphatic rings. The van der Waals surface area contributed by atoms with Gasteiger partial charge in [-0.2, -0.15) is 5.10 Å². The van der Waals surface area contributed by atoms with Gasteiger partial charge in [-0.1, -0.05) is 19.1 Å². The van der Waals surface area contributed by atoms with Crippen molar-refractivity contribution < 1.29 is 9.53 Å². The van der Waals surface area contributed by atoms with Crippen molar-refractivity contribution in [1.82, 2.24) is 24.6 Å². The number of hydrogen-bond donors (Lipinski definition) is 1. The van der Waals surface area contributed by atoms with Crippen molar-refractivity contribution in [2.45, 2.75) is 32.7 Å². The van der Waals surface area contributed by atoms with Crippen LogP contribution in [0.1, 0.15) is 42.5 Å². The number of fused-ring (bicyclic) bond motifs is 1. The second-order valence-corrected chi connectivity index (χ2v) is 9.38. The van der Waals surface area contributed by atoms with E-state index >= 15 is 0 Å². The first-order valence-corrected chi connectivity index (χ1v) is 12.0. The van der Waals surface area contributed by atoms with Gasteiger partial charge in [0.1, 0.15) is 5.69 Å². The maximum Gasteiger partial charge on any atom is 0.272 e. The minimum absolute atomic E-state index is 0.0786. The lowest BCUT2D eigenvalue weighted by Gasteiger charge is -2.26. The van der Waals surface area contributed by atoms with Crippen LogP contribution in [-0.4, -0.2) is 56.9 Å². The van der Waals surface area contributed by atoms with E-state index in [1.807, 2.05) is 61.0 Å². The Labute approximate surface area is 204 Å². The van der Waals surface area contributed by atoms with Crippen LogP contribution >= 0.6 is 0 Å². The number of carbonyl (C=O) groups excluding carboxylic acids is 1. The fourth-order valence-electron chi connectivity index (χ4n) is 4.31. The van der Waals surface area contributed by atoms with Crippen molar-refractivity contribution in [3.63, 3.8) is 0 Å². The van der Waals surface area contributed by atoms with Crippen LogP contribution < -0.4 is 5.73 Å². The Balaban J connectivity index is 1.51. The Bertz CT molecular complexity index is 1360. The Morgan fingerprint density at radius 1 is 1.09 bits per heavy atom. The van der Waals surface area contributed by atoms with Crippen LogP contribution in [0.25, 0.3) is 28.0 Å². The van der Waals surface area contributed by atoms with E-state index in [1.54, 1.807) is 17.2 Å². The second kappa shape index (κ2) is 9.20. The monoisotopic (exact) mass is 470 g/mol. The number of rotatable bonds is 5. The first-order valence-electron chi connectivity index (χ1n) is 12.0. The molecular formula is C27H30N6O2. The first-order chi connectivity index (χ1) is 16.8. The van der Waals surface area contributed by atoms with Crippen LogP contribution in [0.4, 0.5) is 0 Å². The van der Waals surface area contributed by atoms with Crippen LogP contribution in [-0.2, 0) is 16.7 Å². The highest BCUT2D eigenvalue weighted by Gasteiger charge is 2.22. The summed E-state index contributed by atoms with van der Waals surface area (Å²) < 4.78 is 7.20. The topological polar surface area (TPSA) is 99.2 Å². The second-order valence-electron chi connectivity index (χ2n) is 9.38. The molecule has 0 aliphatic carbocycles. The summed E-state index contributed by atoms with van der Waals surface area (Å²) in [4.78, 5) is 24.1. The van der Waals surface area contributed by atoms with E-state index in [-0.39, 0.29) is 5.91 Å². The number of aromatic nitrogens is 4. The van der Waals surface area contributed by atoms with Gasteiger partial charge in [0.05, 0.1) is 30.3 Å². The van der Waals surface area contributed by atoms with Crippen LogP contribution in [0.2, 0.25) is 0 Å². The van der Waals surface area contributed by atoms with Gasteiger partial charge in [0.15, 0.2) is 5.65 Å². The quantitative estimate of drug-likeness (QED) is 0.477. The Kier molecular flexibility index (Phi) is 6.08. The van der Waals surface area contributed by atoms with E-state index < -0.39 is 5.54 Å². The zero-order valence-electron chi connectivity index (χ0n) is 20.4. The summed E-state index contributed by atoms with van der Waals surface area (Å²) in [7, 11) is 0. The number of carbonyl (C=O) groups is 1. The predicted octanol–water partition coefficient (Wildman–Crippen LogP) is 3.71. The molecule has 2 N–H and O–H groups in total. The van der Waals surface area contributed by atoms with Crippen LogP contribution in [0, 0.1) is 0 Å². The molecule has 0 bridgehead atoms. The Morgan fingerprint density at radius 2 is 1.83 bits per heavy atom. The molecule has 5 rings (SSSR count). The van der Waals surface area contributed by atoms with E-state index in [0.29, 0.717) is 37.6 Å². The summed E-state index contributed by atoms with van der Waals surface area (Å²) in [5.74, 6) is -0.0786. The summed E-state index contributed by atoms with van der Waals surface area (Å²) in [5.41, 5.74) is 11.6. The van der Waals surface area contributed by atoms with E-state index in [0.717, 1.165) is 40.0 Å². The maximum absolute atomic E-state index is 13.0.